The third-order valence-corrected chi connectivity index (χ3v) is 6.21. The molecule has 1 saturated heterocycles. The van der Waals surface area contributed by atoms with Crippen LogP contribution in [0.4, 0.5) is 5.69 Å². The minimum Gasteiger partial charge on any atom is -0.507 e. The van der Waals surface area contributed by atoms with Gasteiger partial charge < -0.3 is 29.5 Å². The number of nitrogens with zero attached hydrogens (tertiary/aromatic N) is 1. The number of hydrogen-bond donors (Lipinski definition) is 2. The molecule has 2 amide bonds. The van der Waals surface area contributed by atoms with Gasteiger partial charge in [0.25, 0.3) is 0 Å². The molecule has 2 aromatic carbocycles. The van der Waals surface area contributed by atoms with Crippen molar-refractivity contribution in [3.63, 3.8) is 0 Å². The first-order chi connectivity index (χ1) is 15.8. The Morgan fingerprint density at radius 1 is 1.18 bits per heavy atom. The van der Waals surface area contributed by atoms with Crippen molar-refractivity contribution in [3.05, 3.63) is 47.0 Å². The fourth-order valence-corrected chi connectivity index (χ4v) is 4.76. The van der Waals surface area contributed by atoms with Crippen molar-refractivity contribution >= 4 is 17.5 Å². The van der Waals surface area contributed by atoms with Crippen molar-refractivity contribution in [2.24, 2.45) is 0 Å². The smallest absolute Gasteiger partial charge is 0.228 e. The highest BCUT2D eigenvalue weighted by Gasteiger charge is 2.32. The number of rotatable bonds is 6. The van der Waals surface area contributed by atoms with E-state index in [9.17, 15) is 14.7 Å². The monoisotopic (exact) mass is 454 g/mol. The highest BCUT2D eigenvalue weighted by atomic mass is 16.5. The van der Waals surface area contributed by atoms with Crippen molar-refractivity contribution in [2.75, 3.05) is 32.6 Å². The molecule has 0 aliphatic carbocycles. The number of aromatic hydroxyl groups is 1. The van der Waals surface area contributed by atoms with Gasteiger partial charge in [-0.05, 0) is 31.0 Å². The van der Waals surface area contributed by atoms with Crippen molar-refractivity contribution in [3.8, 4) is 17.2 Å². The van der Waals surface area contributed by atoms with Crippen LogP contribution >= 0.6 is 0 Å². The Kier molecular flexibility index (Phi) is 6.47. The minimum atomic E-state index is -0.479. The number of amides is 2. The summed E-state index contributed by atoms with van der Waals surface area (Å²) in [5, 5.41) is 13.8. The maximum Gasteiger partial charge on any atom is 0.228 e. The molecule has 0 saturated carbocycles. The number of carbonyl (C=O) groups is 2. The van der Waals surface area contributed by atoms with Crippen molar-refractivity contribution in [2.45, 2.75) is 44.8 Å². The van der Waals surface area contributed by atoms with Gasteiger partial charge in [-0.2, -0.15) is 0 Å². The Morgan fingerprint density at radius 3 is 2.58 bits per heavy atom. The van der Waals surface area contributed by atoms with E-state index in [2.05, 4.69) is 5.32 Å². The van der Waals surface area contributed by atoms with Crippen LogP contribution in [0.1, 0.15) is 42.9 Å². The second-order valence-electron chi connectivity index (χ2n) is 8.72. The van der Waals surface area contributed by atoms with Gasteiger partial charge in [0.2, 0.25) is 11.8 Å². The first-order valence-electron chi connectivity index (χ1n) is 11.1. The fourth-order valence-electron chi connectivity index (χ4n) is 4.76. The number of anilines is 1. The quantitative estimate of drug-likeness (QED) is 0.696. The molecule has 3 unspecified atom stereocenters. The number of phenols is 1. The Morgan fingerprint density at radius 2 is 1.91 bits per heavy atom. The molecule has 176 valence electrons. The third kappa shape index (κ3) is 4.75. The first-order valence-corrected chi connectivity index (χ1v) is 11.1. The summed E-state index contributed by atoms with van der Waals surface area (Å²) in [6.07, 6.45) is 0.332. The predicted molar refractivity (Wildman–Crippen MR) is 123 cm³/mol. The number of nitrogens with one attached hydrogen (secondary N) is 1. The molecule has 33 heavy (non-hydrogen) atoms. The number of methoxy groups -OCH3 is 2. The van der Waals surface area contributed by atoms with Crippen LogP contribution in [0, 0.1) is 0 Å². The maximum atomic E-state index is 13.4. The van der Waals surface area contributed by atoms with E-state index in [1.807, 2.05) is 36.9 Å². The lowest BCUT2D eigenvalue weighted by atomic mass is 9.85. The lowest BCUT2D eigenvalue weighted by molar-refractivity contribution is -0.143. The number of hydrogen-bond acceptors (Lipinski definition) is 6. The first kappa shape index (κ1) is 22.9. The second-order valence-corrected chi connectivity index (χ2v) is 8.72. The lowest BCUT2D eigenvalue weighted by Gasteiger charge is -2.36. The van der Waals surface area contributed by atoms with Crippen LogP contribution in [0.15, 0.2) is 30.3 Å². The van der Waals surface area contributed by atoms with E-state index in [-0.39, 0.29) is 42.6 Å². The van der Waals surface area contributed by atoms with Gasteiger partial charge in [0.15, 0.2) is 0 Å². The topological polar surface area (TPSA) is 97.3 Å². The molecule has 2 aromatic rings. The van der Waals surface area contributed by atoms with E-state index in [0.29, 0.717) is 30.2 Å². The molecule has 2 heterocycles. The molecule has 0 spiro atoms. The van der Waals surface area contributed by atoms with Crippen LogP contribution < -0.4 is 14.8 Å². The van der Waals surface area contributed by atoms with Gasteiger partial charge in [0, 0.05) is 48.8 Å². The highest BCUT2D eigenvalue weighted by molar-refractivity contribution is 5.99. The fraction of sp³-hybridized carbons (Fsp3) is 0.440. The number of fused-ring (bicyclic) bond motifs is 1. The summed E-state index contributed by atoms with van der Waals surface area (Å²) in [6, 6.07) is 8.88. The summed E-state index contributed by atoms with van der Waals surface area (Å²) in [6.45, 7) is 4.95. The van der Waals surface area contributed by atoms with E-state index < -0.39 is 5.92 Å². The molecule has 3 atom stereocenters. The molecule has 8 heteroatoms. The molecule has 0 bridgehead atoms. The van der Waals surface area contributed by atoms with E-state index in [0.717, 1.165) is 16.8 Å². The summed E-state index contributed by atoms with van der Waals surface area (Å²) in [5.41, 5.74) is 2.98. The van der Waals surface area contributed by atoms with Gasteiger partial charge in [-0.15, -0.1) is 0 Å². The van der Waals surface area contributed by atoms with Gasteiger partial charge in [-0.3, -0.25) is 9.59 Å². The maximum absolute atomic E-state index is 13.4. The summed E-state index contributed by atoms with van der Waals surface area (Å²) in [7, 11) is 3.04. The Balaban J connectivity index is 1.75. The number of carbonyl (C=O) groups excluding carboxylic acids is 2. The van der Waals surface area contributed by atoms with Gasteiger partial charge in [-0.25, -0.2) is 0 Å². The van der Waals surface area contributed by atoms with E-state index in [1.54, 1.807) is 6.07 Å². The minimum absolute atomic E-state index is 0.0117. The zero-order valence-electron chi connectivity index (χ0n) is 19.4. The van der Waals surface area contributed by atoms with Crippen LogP contribution in [-0.2, 0) is 20.7 Å². The Hall–Kier alpha value is -3.26. The number of benzene rings is 2. The predicted octanol–water partition coefficient (Wildman–Crippen LogP) is 3.06. The van der Waals surface area contributed by atoms with Crippen LogP contribution in [0.25, 0.3) is 0 Å². The molecule has 2 aliphatic heterocycles. The molecule has 2 N–H and O–H groups in total. The van der Waals surface area contributed by atoms with Crippen LogP contribution in [-0.4, -0.2) is 61.3 Å². The zero-order valence-corrected chi connectivity index (χ0v) is 19.4. The largest absolute Gasteiger partial charge is 0.507 e. The van der Waals surface area contributed by atoms with Gasteiger partial charge in [0.05, 0.1) is 32.8 Å². The molecule has 0 aromatic heterocycles. The highest BCUT2D eigenvalue weighted by Crippen LogP contribution is 2.44. The normalized spacial score (nSPS) is 20.7. The van der Waals surface area contributed by atoms with Gasteiger partial charge in [-0.1, -0.05) is 12.1 Å². The van der Waals surface area contributed by atoms with Crippen molar-refractivity contribution in [1.29, 1.82) is 0 Å². The average molecular weight is 455 g/mol. The second kappa shape index (κ2) is 9.31. The Bertz CT molecular complexity index is 1060. The molecule has 2 aliphatic rings. The van der Waals surface area contributed by atoms with Crippen LogP contribution in [0.5, 0.6) is 17.2 Å². The molecule has 0 radical (unpaired) electrons. The summed E-state index contributed by atoms with van der Waals surface area (Å²) < 4.78 is 16.6. The van der Waals surface area contributed by atoms with Gasteiger partial charge >= 0.3 is 0 Å². The summed E-state index contributed by atoms with van der Waals surface area (Å²) in [5.74, 6) is 0.306. The average Bonchev–Trinajstić information content (AvgIpc) is 3.15. The van der Waals surface area contributed by atoms with Crippen LogP contribution in [0.2, 0.25) is 0 Å². The summed E-state index contributed by atoms with van der Waals surface area (Å²) >= 11 is 0. The van der Waals surface area contributed by atoms with E-state index in [1.165, 1.54) is 20.3 Å². The molecular weight excluding hydrogens is 424 g/mol. The number of ether oxygens (including phenoxy) is 3. The van der Waals surface area contributed by atoms with E-state index >= 15 is 0 Å². The number of morpholine rings is 1. The molecule has 4 rings (SSSR count). The SMILES string of the molecule is COc1cc(O)c(C(CC(=O)N2CC(C)OC(C)C2)c2ccc3c(c2)CC(=O)N3)c(OC)c1. The third-order valence-electron chi connectivity index (χ3n) is 6.21. The van der Waals surface area contributed by atoms with Gasteiger partial charge in [0.1, 0.15) is 17.2 Å². The molecule has 8 nitrogen and oxygen atoms in total. The molecular formula is C25H30N2O6. The van der Waals surface area contributed by atoms with Crippen LogP contribution in [0.3, 0.4) is 0 Å². The van der Waals surface area contributed by atoms with Crippen molar-refractivity contribution in [1.82, 2.24) is 4.90 Å². The lowest BCUT2D eigenvalue weighted by Crippen LogP contribution is -2.48. The standard InChI is InChI=1S/C25H30N2O6/c1-14-12-27(13-15(2)33-14)24(30)11-19(16-5-6-20-17(7-16)8-23(29)26-20)25-21(28)9-18(31-3)10-22(25)32-4/h5-7,9-10,14-15,19,28H,8,11-13H2,1-4H3,(H,26,29). The molecule has 1 fully saturated rings. The Labute approximate surface area is 193 Å². The summed E-state index contributed by atoms with van der Waals surface area (Å²) in [4.78, 5) is 27.1. The van der Waals surface area contributed by atoms with Crippen molar-refractivity contribution < 1.29 is 28.9 Å². The number of phenolic OH excluding ortho intramolecular Hbond substituents is 1. The zero-order chi connectivity index (χ0) is 23.7. The van der Waals surface area contributed by atoms with E-state index in [4.69, 9.17) is 14.2 Å².